The molecule has 0 fully saturated rings. The third-order valence-electron chi connectivity index (χ3n) is 8.63. The fraction of sp³-hybridized carbons (Fsp3) is 0.176. The van der Waals surface area contributed by atoms with Crippen molar-refractivity contribution in [2.24, 2.45) is 0 Å². The topological polar surface area (TPSA) is 347 Å². The number of hydrogen-bond donors (Lipinski definition) is 2. The van der Waals surface area contributed by atoms with Gasteiger partial charge in [-0.1, -0.05) is 60.7 Å². The lowest BCUT2D eigenvalue weighted by Crippen LogP contribution is -2.48. The largest absolute Gasteiger partial charge is 0.375 e. The van der Waals surface area contributed by atoms with Gasteiger partial charge < -0.3 is 15.4 Å². The first-order valence-corrected chi connectivity index (χ1v) is 17.8. The number of nitro benzene ring substituents is 6. The minimum atomic E-state index is -1.27. The molecular weight excluding hydrogens is 819 g/mol. The molecule has 1 aromatic heterocycles. The van der Waals surface area contributed by atoms with Crippen LogP contribution in [0.2, 0.25) is 0 Å². The minimum Gasteiger partial charge on any atom is -0.375 e. The Bertz CT molecular complexity index is 2400. The average Bonchev–Trinajstić information content (AvgIpc) is 3.54. The number of aryl methyl sites for hydroxylation is 1. The van der Waals surface area contributed by atoms with Crippen molar-refractivity contribution >= 4 is 56.6 Å². The molecule has 0 bridgehead atoms. The zero-order valence-electron chi connectivity index (χ0n) is 30.7. The van der Waals surface area contributed by atoms with E-state index in [4.69, 9.17) is 15.4 Å². The maximum atomic E-state index is 12.3. The summed E-state index contributed by atoms with van der Waals surface area (Å²) in [6, 6.07) is 19.2. The van der Waals surface area contributed by atoms with Gasteiger partial charge in [0.1, 0.15) is 0 Å². The van der Waals surface area contributed by atoms with Gasteiger partial charge in [-0.25, -0.2) is 4.98 Å². The van der Waals surface area contributed by atoms with E-state index in [9.17, 15) is 66.1 Å². The number of aromatic nitrogens is 1. The first-order chi connectivity index (χ1) is 28.5. The zero-order valence-corrected chi connectivity index (χ0v) is 31.5. The molecule has 4 aromatic carbocycles. The standard InChI is InChI=1S/C34H29N11O14S/c1-20-30(60-33(35)37-20)13-15-39(59-32-28(44(54)55)18-24(41(48)49)19-29(32)45(56)57)34(36)38(14-12-25(21-8-4-2-5-9-21)22-10-6-3-7-11-22)58-31-26(42(50)51)16-23(40(46)47)17-27(31)43(52)53/h2-11,16-19,25,36H,12-15H2,1H3,(H2,35,37). The van der Waals surface area contributed by atoms with Crippen molar-refractivity contribution in [3.8, 4) is 11.5 Å². The van der Waals surface area contributed by atoms with E-state index >= 15 is 0 Å². The second-order valence-electron chi connectivity index (χ2n) is 12.4. The van der Waals surface area contributed by atoms with Gasteiger partial charge in [0.05, 0.1) is 72.6 Å². The van der Waals surface area contributed by atoms with Gasteiger partial charge in [-0.05, 0) is 24.5 Å². The lowest BCUT2D eigenvalue weighted by molar-refractivity contribution is -0.405. The highest BCUT2D eigenvalue weighted by Crippen LogP contribution is 2.43. The predicted octanol–water partition coefficient (Wildman–Crippen LogP) is 6.77. The molecule has 0 saturated heterocycles. The van der Waals surface area contributed by atoms with Crippen molar-refractivity contribution in [2.75, 3.05) is 18.8 Å². The molecule has 25 nitrogen and oxygen atoms in total. The Morgan fingerprint density at radius 3 is 1.38 bits per heavy atom. The van der Waals surface area contributed by atoms with Crippen LogP contribution in [0.3, 0.4) is 0 Å². The van der Waals surface area contributed by atoms with Gasteiger partial charge >= 0.3 is 34.2 Å². The molecule has 0 atom stereocenters. The van der Waals surface area contributed by atoms with Crippen LogP contribution in [0, 0.1) is 73.0 Å². The Hall–Kier alpha value is -8.42. The number of hydroxylamine groups is 4. The number of guanidine groups is 1. The van der Waals surface area contributed by atoms with E-state index in [1.807, 2.05) is 0 Å². The van der Waals surface area contributed by atoms with Crippen molar-refractivity contribution < 1.29 is 39.2 Å². The number of nitrogens with zero attached hydrogens (tertiary/aromatic N) is 9. The molecule has 0 unspecified atom stereocenters. The Morgan fingerprint density at radius 1 is 0.667 bits per heavy atom. The molecule has 0 radical (unpaired) electrons. The monoisotopic (exact) mass is 847 g/mol. The molecule has 0 aliphatic carbocycles. The number of non-ortho nitro benzene ring substituents is 2. The van der Waals surface area contributed by atoms with Crippen LogP contribution in [0.5, 0.6) is 11.5 Å². The molecule has 1 heterocycles. The molecule has 60 heavy (non-hydrogen) atoms. The number of anilines is 1. The van der Waals surface area contributed by atoms with Crippen LogP contribution < -0.4 is 15.4 Å². The number of nitrogens with one attached hydrogen (secondary N) is 1. The molecule has 0 aliphatic heterocycles. The molecule has 3 N–H and O–H groups in total. The van der Waals surface area contributed by atoms with Crippen molar-refractivity contribution in [1.82, 2.24) is 15.1 Å². The maximum absolute atomic E-state index is 12.3. The van der Waals surface area contributed by atoms with Gasteiger partial charge in [0.2, 0.25) is 0 Å². The van der Waals surface area contributed by atoms with Crippen molar-refractivity contribution in [3.05, 3.63) is 167 Å². The summed E-state index contributed by atoms with van der Waals surface area (Å²) in [5.74, 6) is -3.90. The number of hydrogen-bond acceptors (Lipinski definition) is 18. The van der Waals surface area contributed by atoms with E-state index in [2.05, 4.69) is 4.98 Å². The number of nitro groups is 6. The normalized spacial score (nSPS) is 10.8. The van der Waals surface area contributed by atoms with E-state index in [1.165, 1.54) is 0 Å². The summed E-state index contributed by atoms with van der Waals surface area (Å²) in [6.45, 7) is 0.535. The third-order valence-corrected chi connectivity index (χ3v) is 9.68. The van der Waals surface area contributed by atoms with Gasteiger partial charge in [-0.2, -0.15) is 10.1 Å². The van der Waals surface area contributed by atoms with Crippen LogP contribution in [0.15, 0.2) is 84.9 Å². The summed E-state index contributed by atoms with van der Waals surface area (Å²) >= 11 is 1.00. The highest BCUT2D eigenvalue weighted by atomic mass is 32.1. The van der Waals surface area contributed by atoms with Gasteiger partial charge in [-0.15, -0.1) is 11.3 Å². The molecule has 310 valence electrons. The summed E-state index contributed by atoms with van der Waals surface area (Å²) in [4.78, 5) is 81.4. The molecule has 0 saturated carbocycles. The van der Waals surface area contributed by atoms with E-state index in [-0.39, 0.29) is 18.0 Å². The van der Waals surface area contributed by atoms with Crippen LogP contribution in [-0.2, 0) is 6.42 Å². The number of nitrogens with two attached hydrogens (primary N) is 1. The second-order valence-corrected chi connectivity index (χ2v) is 13.5. The fourth-order valence-electron chi connectivity index (χ4n) is 5.87. The Kier molecular flexibility index (Phi) is 13.0. The second kappa shape index (κ2) is 18.2. The lowest BCUT2D eigenvalue weighted by atomic mass is 9.88. The predicted molar refractivity (Wildman–Crippen MR) is 210 cm³/mol. The molecular formula is C34H29N11O14S. The highest BCUT2D eigenvalue weighted by Gasteiger charge is 2.38. The first kappa shape index (κ1) is 42.7. The quantitative estimate of drug-likeness (QED) is 0.0397. The van der Waals surface area contributed by atoms with Gasteiger partial charge in [0.15, 0.2) is 5.13 Å². The molecule has 26 heteroatoms. The van der Waals surface area contributed by atoms with Crippen LogP contribution in [0.4, 0.5) is 39.3 Å². The molecule has 5 aromatic rings. The van der Waals surface area contributed by atoms with Gasteiger partial charge in [-0.3, -0.25) is 66.1 Å². The summed E-state index contributed by atoms with van der Waals surface area (Å²) in [5.41, 5.74) is 0.566. The minimum absolute atomic E-state index is 0.0405. The van der Waals surface area contributed by atoms with Gasteiger partial charge in [0.25, 0.3) is 17.3 Å². The SMILES string of the molecule is Cc1nc(N)sc1CCN(Oc1c([N+](=O)[O-])cc([N+](=O)[O-])cc1[N+](=O)[O-])C(=N)N(CCC(c1ccccc1)c1ccccc1)Oc1c([N+](=O)[O-])cc([N+](=O)[O-])cc1[N+](=O)[O-]. The van der Waals surface area contributed by atoms with E-state index in [1.54, 1.807) is 67.6 Å². The fourth-order valence-corrected chi connectivity index (χ4v) is 6.69. The summed E-state index contributed by atoms with van der Waals surface area (Å²) in [6.07, 6.45) is -0.179. The number of nitrogen functional groups attached to an aromatic ring is 1. The zero-order chi connectivity index (χ0) is 43.8. The number of rotatable bonds is 18. The number of thiazole rings is 1. The third kappa shape index (κ3) is 9.74. The van der Waals surface area contributed by atoms with Crippen LogP contribution in [-0.4, -0.2) is 63.7 Å². The van der Waals surface area contributed by atoms with Crippen molar-refractivity contribution in [3.63, 3.8) is 0 Å². The lowest BCUT2D eigenvalue weighted by Gasteiger charge is -2.32. The Balaban J connectivity index is 1.70. The smallest absolute Gasteiger partial charge is 0.328 e. The number of benzene rings is 4. The molecule has 0 spiro atoms. The summed E-state index contributed by atoms with van der Waals surface area (Å²) in [7, 11) is 0. The van der Waals surface area contributed by atoms with E-state index < -0.39 is 100 Å². The van der Waals surface area contributed by atoms with Crippen molar-refractivity contribution in [2.45, 2.75) is 25.7 Å². The maximum Gasteiger partial charge on any atom is 0.328 e. The average molecular weight is 848 g/mol. The summed E-state index contributed by atoms with van der Waals surface area (Å²) in [5, 5.41) is 82.9. The Labute approximate surface area is 339 Å². The van der Waals surface area contributed by atoms with Crippen LogP contribution >= 0.6 is 11.3 Å². The summed E-state index contributed by atoms with van der Waals surface area (Å²) < 4.78 is 0. The van der Waals surface area contributed by atoms with Crippen LogP contribution in [0.25, 0.3) is 0 Å². The van der Waals surface area contributed by atoms with E-state index in [0.29, 0.717) is 45.0 Å². The molecule has 5 rings (SSSR count). The van der Waals surface area contributed by atoms with Gasteiger partial charge in [0, 0.05) is 17.2 Å². The first-order valence-electron chi connectivity index (χ1n) is 17.0. The van der Waals surface area contributed by atoms with Crippen LogP contribution in [0.1, 0.15) is 34.0 Å². The Morgan fingerprint density at radius 2 is 1.05 bits per heavy atom. The van der Waals surface area contributed by atoms with E-state index in [0.717, 1.165) is 22.5 Å². The highest BCUT2D eigenvalue weighted by molar-refractivity contribution is 7.15. The molecule has 0 amide bonds. The molecule has 0 aliphatic rings. The van der Waals surface area contributed by atoms with Crippen molar-refractivity contribution in [1.29, 1.82) is 5.41 Å².